The number of ketones is 1. The van der Waals surface area contributed by atoms with Crippen molar-refractivity contribution < 1.29 is 19.4 Å². The average Bonchev–Trinajstić information content (AvgIpc) is 2.33. The predicted molar refractivity (Wildman–Crippen MR) is 71.0 cm³/mol. The van der Waals surface area contributed by atoms with Crippen molar-refractivity contribution in [3.8, 4) is 11.8 Å². The summed E-state index contributed by atoms with van der Waals surface area (Å²) in [6, 6.07) is 0. The molecule has 100 valence electrons. The Morgan fingerprint density at radius 3 is 2.37 bits per heavy atom. The SMILES string of the molecule is COC(=O)/C=C(\C)C#CC1(O)C(C)=CC(=O)C=C1C. The normalized spacial score (nSPS) is 17.9. The Bertz CT molecular complexity index is 543. The second-order valence-electron chi connectivity index (χ2n) is 4.37. The Morgan fingerprint density at radius 1 is 1.37 bits per heavy atom. The van der Waals surface area contributed by atoms with E-state index in [2.05, 4.69) is 16.6 Å². The van der Waals surface area contributed by atoms with Crippen molar-refractivity contribution in [2.24, 2.45) is 0 Å². The van der Waals surface area contributed by atoms with Gasteiger partial charge in [0.1, 0.15) is 0 Å². The number of carbonyl (C=O) groups is 2. The third kappa shape index (κ3) is 3.43. The largest absolute Gasteiger partial charge is 0.466 e. The predicted octanol–water partition coefficient (Wildman–Crippen LogP) is 1.32. The van der Waals surface area contributed by atoms with Crippen LogP contribution in [0.15, 0.2) is 34.9 Å². The number of methoxy groups -OCH3 is 1. The van der Waals surface area contributed by atoms with Gasteiger partial charge in [0.25, 0.3) is 0 Å². The van der Waals surface area contributed by atoms with Crippen LogP contribution in [-0.4, -0.2) is 29.6 Å². The van der Waals surface area contributed by atoms with Crippen LogP contribution in [0, 0.1) is 11.8 Å². The highest BCUT2D eigenvalue weighted by atomic mass is 16.5. The number of ether oxygens (including phenoxy) is 1. The van der Waals surface area contributed by atoms with E-state index in [0.717, 1.165) is 0 Å². The van der Waals surface area contributed by atoms with Crippen LogP contribution in [0.4, 0.5) is 0 Å². The summed E-state index contributed by atoms with van der Waals surface area (Å²) in [6.45, 7) is 4.92. The maximum absolute atomic E-state index is 11.3. The van der Waals surface area contributed by atoms with Crippen molar-refractivity contribution in [1.82, 2.24) is 0 Å². The lowest BCUT2D eigenvalue weighted by Crippen LogP contribution is -2.33. The molecular weight excluding hydrogens is 244 g/mol. The summed E-state index contributed by atoms with van der Waals surface area (Å²) in [5.41, 5.74) is -0.0522. The number of hydrogen-bond acceptors (Lipinski definition) is 4. The standard InChI is InChI=1S/C15H16O4/c1-10(7-14(17)19-4)5-6-15(18)11(2)8-13(16)9-12(15)3/h7-9,18H,1-4H3/b10-7+. The molecule has 0 bridgehead atoms. The molecule has 0 unspecified atom stereocenters. The average molecular weight is 260 g/mol. The summed E-state index contributed by atoms with van der Waals surface area (Å²) < 4.78 is 4.48. The zero-order valence-electron chi connectivity index (χ0n) is 11.4. The molecule has 19 heavy (non-hydrogen) atoms. The van der Waals surface area contributed by atoms with Crippen LogP contribution >= 0.6 is 0 Å². The number of esters is 1. The maximum atomic E-state index is 11.3. The lowest BCUT2D eigenvalue weighted by atomic mass is 9.83. The molecular formula is C15H16O4. The number of aliphatic hydroxyl groups is 1. The van der Waals surface area contributed by atoms with Gasteiger partial charge in [-0.3, -0.25) is 4.79 Å². The molecule has 0 spiro atoms. The topological polar surface area (TPSA) is 63.6 Å². The summed E-state index contributed by atoms with van der Waals surface area (Å²) in [6.07, 6.45) is 3.94. The van der Waals surface area contributed by atoms with E-state index in [1.807, 2.05) is 0 Å². The molecule has 0 aliphatic heterocycles. The summed E-state index contributed by atoms with van der Waals surface area (Å²) >= 11 is 0. The van der Waals surface area contributed by atoms with E-state index in [4.69, 9.17) is 0 Å². The molecule has 0 atom stereocenters. The van der Waals surface area contributed by atoms with Gasteiger partial charge in [-0.25, -0.2) is 4.79 Å². The van der Waals surface area contributed by atoms with E-state index in [9.17, 15) is 14.7 Å². The Balaban J connectivity index is 3.08. The fourth-order valence-corrected chi connectivity index (χ4v) is 1.65. The summed E-state index contributed by atoms with van der Waals surface area (Å²) in [7, 11) is 1.28. The first-order chi connectivity index (χ1) is 8.79. The summed E-state index contributed by atoms with van der Waals surface area (Å²) in [5, 5.41) is 10.5. The van der Waals surface area contributed by atoms with Crippen LogP contribution in [0.25, 0.3) is 0 Å². The Hall–Kier alpha value is -2.12. The maximum Gasteiger partial charge on any atom is 0.331 e. The molecule has 0 aromatic rings. The van der Waals surface area contributed by atoms with Crippen LogP contribution in [0.5, 0.6) is 0 Å². The monoisotopic (exact) mass is 260 g/mol. The van der Waals surface area contributed by atoms with E-state index in [1.165, 1.54) is 25.3 Å². The van der Waals surface area contributed by atoms with Gasteiger partial charge in [0, 0.05) is 11.6 Å². The minimum atomic E-state index is -1.46. The molecule has 1 N–H and O–H groups in total. The highest BCUT2D eigenvalue weighted by molar-refractivity contribution is 6.02. The van der Waals surface area contributed by atoms with Gasteiger partial charge in [-0.2, -0.15) is 0 Å². The Kier molecular flexibility index (Phi) is 4.47. The van der Waals surface area contributed by atoms with Crippen molar-refractivity contribution in [1.29, 1.82) is 0 Å². The molecule has 0 aromatic carbocycles. The van der Waals surface area contributed by atoms with Gasteiger partial charge in [-0.05, 0) is 44.1 Å². The first-order valence-electron chi connectivity index (χ1n) is 5.73. The first kappa shape index (κ1) is 14.9. The highest BCUT2D eigenvalue weighted by Gasteiger charge is 2.32. The van der Waals surface area contributed by atoms with Gasteiger partial charge in [-0.1, -0.05) is 11.8 Å². The molecule has 4 nitrogen and oxygen atoms in total. The van der Waals surface area contributed by atoms with E-state index in [-0.39, 0.29) is 5.78 Å². The quantitative estimate of drug-likeness (QED) is 0.439. The second kappa shape index (κ2) is 5.68. The number of allylic oxidation sites excluding steroid dienone is 3. The highest BCUT2D eigenvalue weighted by Crippen LogP contribution is 2.28. The molecule has 1 aliphatic carbocycles. The van der Waals surface area contributed by atoms with Gasteiger partial charge in [0.2, 0.25) is 0 Å². The minimum Gasteiger partial charge on any atom is -0.466 e. The van der Waals surface area contributed by atoms with Crippen molar-refractivity contribution in [3.05, 3.63) is 34.9 Å². The van der Waals surface area contributed by atoms with E-state index >= 15 is 0 Å². The molecule has 0 radical (unpaired) electrons. The third-order valence-electron chi connectivity index (χ3n) is 2.84. The van der Waals surface area contributed by atoms with Crippen LogP contribution in [0.1, 0.15) is 20.8 Å². The molecule has 0 fully saturated rings. The van der Waals surface area contributed by atoms with E-state index < -0.39 is 11.6 Å². The van der Waals surface area contributed by atoms with Crippen LogP contribution < -0.4 is 0 Å². The molecule has 0 saturated heterocycles. The molecule has 0 aromatic heterocycles. The number of rotatable bonds is 1. The van der Waals surface area contributed by atoms with E-state index in [0.29, 0.717) is 16.7 Å². The minimum absolute atomic E-state index is 0.164. The van der Waals surface area contributed by atoms with Gasteiger partial charge in [0.05, 0.1) is 7.11 Å². The smallest absolute Gasteiger partial charge is 0.331 e. The van der Waals surface area contributed by atoms with E-state index in [1.54, 1.807) is 20.8 Å². The van der Waals surface area contributed by atoms with Crippen molar-refractivity contribution in [2.75, 3.05) is 7.11 Å². The molecule has 4 heteroatoms. The molecule has 0 amide bonds. The number of carbonyl (C=O) groups excluding carboxylic acids is 2. The Labute approximate surface area is 112 Å². The fraction of sp³-hybridized carbons (Fsp3) is 0.333. The molecule has 1 rings (SSSR count). The summed E-state index contributed by atoms with van der Waals surface area (Å²) in [4.78, 5) is 22.3. The fourth-order valence-electron chi connectivity index (χ4n) is 1.65. The van der Waals surface area contributed by atoms with Crippen LogP contribution in [0.3, 0.4) is 0 Å². The van der Waals surface area contributed by atoms with Crippen LogP contribution in [0.2, 0.25) is 0 Å². The first-order valence-corrected chi connectivity index (χ1v) is 5.73. The zero-order chi connectivity index (χ0) is 14.6. The lowest BCUT2D eigenvalue weighted by Gasteiger charge is -2.26. The van der Waals surface area contributed by atoms with Crippen molar-refractivity contribution in [2.45, 2.75) is 26.4 Å². The van der Waals surface area contributed by atoms with Gasteiger partial charge in [0.15, 0.2) is 11.4 Å². The van der Waals surface area contributed by atoms with Crippen molar-refractivity contribution >= 4 is 11.8 Å². The lowest BCUT2D eigenvalue weighted by molar-refractivity contribution is -0.134. The van der Waals surface area contributed by atoms with Crippen LogP contribution in [-0.2, 0) is 14.3 Å². The third-order valence-corrected chi connectivity index (χ3v) is 2.84. The zero-order valence-corrected chi connectivity index (χ0v) is 11.4. The number of hydrogen-bond donors (Lipinski definition) is 1. The second-order valence-corrected chi connectivity index (χ2v) is 4.37. The Morgan fingerprint density at radius 2 is 1.89 bits per heavy atom. The van der Waals surface area contributed by atoms with Crippen molar-refractivity contribution in [3.63, 3.8) is 0 Å². The van der Waals surface area contributed by atoms with Gasteiger partial charge in [-0.15, -0.1) is 0 Å². The molecule has 0 saturated carbocycles. The molecule has 0 heterocycles. The van der Waals surface area contributed by atoms with Gasteiger partial charge < -0.3 is 9.84 Å². The molecule has 1 aliphatic rings. The van der Waals surface area contributed by atoms with Gasteiger partial charge >= 0.3 is 5.97 Å². The summed E-state index contributed by atoms with van der Waals surface area (Å²) in [5.74, 6) is 4.72.